The molecule has 0 amide bonds. The third-order valence-corrected chi connectivity index (χ3v) is 5.83. The molecule has 0 aliphatic carbocycles. The van der Waals surface area contributed by atoms with Crippen LogP contribution in [0.1, 0.15) is 18.4 Å². The van der Waals surface area contributed by atoms with E-state index in [4.69, 9.17) is 23.2 Å². The molecular formula is C11H13Cl2NO3S. The summed E-state index contributed by atoms with van der Waals surface area (Å²) in [4.78, 5) is 0.0134. The van der Waals surface area contributed by atoms with Gasteiger partial charge in [-0.3, -0.25) is 0 Å². The molecule has 0 radical (unpaired) electrons. The zero-order chi connectivity index (χ0) is 13.3. The van der Waals surface area contributed by atoms with Gasteiger partial charge in [-0.15, -0.1) is 0 Å². The highest BCUT2D eigenvalue weighted by Gasteiger charge is 2.30. The second-order valence-corrected chi connectivity index (χ2v) is 6.80. The van der Waals surface area contributed by atoms with Crippen molar-refractivity contribution in [3.63, 3.8) is 0 Å². The Hall–Kier alpha value is -0.330. The monoisotopic (exact) mass is 309 g/mol. The van der Waals surface area contributed by atoms with Crippen LogP contribution in [0, 0.1) is 0 Å². The Morgan fingerprint density at radius 2 is 1.83 bits per heavy atom. The Kier molecular flexibility index (Phi) is 4.18. The van der Waals surface area contributed by atoms with Crippen molar-refractivity contribution in [2.45, 2.75) is 24.3 Å². The third-order valence-electron chi connectivity index (χ3n) is 2.99. The lowest BCUT2D eigenvalue weighted by atomic mass is 10.2. The maximum atomic E-state index is 12.4. The second-order valence-electron chi connectivity index (χ2n) is 4.11. The lowest BCUT2D eigenvalue weighted by molar-refractivity contribution is 0.281. The summed E-state index contributed by atoms with van der Waals surface area (Å²) in [6, 6.07) is 2.83. The van der Waals surface area contributed by atoms with E-state index >= 15 is 0 Å². The molecule has 1 saturated heterocycles. The highest BCUT2D eigenvalue weighted by atomic mass is 35.5. The average molecular weight is 310 g/mol. The summed E-state index contributed by atoms with van der Waals surface area (Å²) in [5.41, 5.74) is 0.249. The molecule has 1 N–H and O–H groups in total. The number of aliphatic hydroxyl groups is 1. The topological polar surface area (TPSA) is 57.6 Å². The van der Waals surface area contributed by atoms with Crippen LogP contribution >= 0.6 is 23.2 Å². The molecule has 0 atom stereocenters. The van der Waals surface area contributed by atoms with E-state index in [-0.39, 0.29) is 27.1 Å². The number of benzene rings is 1. The maximum absolute atomic E-state index is 12.4. The van der Waals surface area contributed by atoms with E-state index < -0.39 is 10.0 Å². The molecule has 100 valence electrons. The molecule has 0 saturated carbocycles. The van der Waals surface area contributed by atoms with Crippen molar-refractivity contribution in [2.24, 2.45) is 0 Å². The van der Waals surface area contributed by atoms with E-state index in [1.54, 1.807) is 0 Å². The predicted octanol–water partition coefficient (Wildman–Crippen LogP) is 2.27. The van der Waals surface area contributed by atoms with Gasteiger partial charge in [0.05, 0.1) is 11.6 Å². The Labute approximate surface area is 116 Å². The molecule has 2 rings (SSSR count). The quantitative estimate of drug-likeness (QED) is 0.932. The van der Waals surface area contributed by atoms with Gasteiger partial charge in [0.25, 0.3) is 0 Å². The molecular weight excluding hydrogens is 297 g/mol. The lowest BCUT2D eigenvalue weighted by Crippen LogP contribution is -2.28. The number of halogens is 2. The standard InChI is InChI=1S/C11H13Cl2NO3S/c12-9-3-4-10(11(13)8(9)7-15)18(16,17)14-5-1-2-6-14/h3-4,15H,1-2,5-7H2. The average Bonchev–Trinajstić information content (AvgIpc) is 2.83. The van der Waals surface area contributed by atoms with Crippen molar-refractivity contribution in [3.8, 4) is 0 Å². The first-order valence-electron chi connectivity index (χ1n) is 5.56. The number of hydrogen-bond donors (Lipinski definition) is 1. The Balaban J connectivity index is 2.51. The van der Waals surface area contributed by atoms with Crippen molar-refractivity contribution in [1.82, 2.24) is 4.31 Å². The van der Waals surface area contributed by atoms with Gasteiger partial charge in [-0.05, 0) is 25.0 Å². The fourth-order valence-electron chi connectivity index (χ4n) is 1.99. The Bertz CT molecular complexity index is 554. The van der Waals surface area contributed by atoms with Crippen LogP contribution in [0.25, 0.3) is 0 Å². The molecule has 0 unspecified atom stereocenters. The van der Waals surface area contributed by atoms with Crippen LogP contribution in [0.5, 0.6) is 0 Å². The summed E-state index contributed by atoms with van der Waals surface area (Å²) in [6.45, 7) is 0.631. The first-order chi connectivity index (χ1) is 8.48. The molecule has 1 aromatic carbocycles. The molecule has 18 heavy (non-hydrogen) atoms. The zero-order valence-electron chi connectivity index (χ0n) is 9.57. The fraction of sp³-hybridized carbons (Fsp3) is 0.455. The SMILES string of the molecule is O=S(=O)(c1ccc(Cl)c(CO)c1Cl)N1CCCC1. The number of sulfonamides is 1. The molecule has 7 heteroatoms. The molecule has 0 bridgehead atoms. The molecule has 0 spiro atoms. The molecule has 4 nitrogen and oxygen atoms in total. The molecule has 1 aromatic rings. The van der Waals surface area contributed by atoms with E-state index in [0.717, 1.165) is 12.8 Å². The highest BCUT2D eigenvalue weighted by Crippen LogP contribution is 2.33. The normalized spacial score (nSPS) is 17.3. The van der Waals surface area contributed by atoms with E-state index in [2.05, 4.69) is 0 Å². The van der Waals surface area contributed by atoms with Crippen LogP contribution < -0.4 is 0 Å². The van der Waals surface area contributed by atoms with Gasteiger partial charge in [-0.25, -0.2) is 8.42 Å². The first kappa shape index (κ1) is 14.1. The van der Waals surface area contributed by atoms with Crippen LogP contribution in [0.2, 0.25) is 10.0 Å². The van der Waals surface area contributed by atoms with Crippen LogP contribution in [0.15, 0.2) is 17.0 Å². The van der Waals surface area contributed by atoms with Gasteiger partial charge < -0.3 is 5.11 Å². The van der Waals surface area contributed by atoms with Gasteiger partial charge >= 0.3 is 0 Å². The van der Waals surface area contributed by atoms with E-state index in [9.17, 15) is 13.5 Å². The number of rotatable bonds is 3. The summed E-state index contributed by atoms with van der Waals surface area (Å²) >= 11 is 11.9. The maximum Gasteiger partial charge on any atom is 0.244 e. The van der Waals surface area contributed by atoms with Crippen LogP contribution in [-0.4, -0.2) is 30.9 Å². The number of aliphatic hydroxyl groups excluding tert-OH is 1. The summed E-state index contributed by atoms with van der Waals surface area (Å²) in [6.07, 6.45) is 1.72. The molecule has 1 fully saturated rings. The Morgan fingerprint density at radius 1 is 1.22 bits per heavy atom. The van der Waals surface area contributed by atoms with Crippen molar-refractivity contribution < 1.29 is 13.5 Å². The van der Waals surface area contributed by atoms with Gasteiger partial charge in [-0.2, -0.15) is 4.31 Å². The van der Waals surface area contributed by atoms with Gasteiger partial charge in [0.15, 0.2) is 0 Å². The summed E-state index contributed by atoms with van der Waals surface area (Å²) in [5, 5.41) is 9.46. The minimum atomic E-state index is -3.59. The number of hydrogen-bond acceptors (Lipinski definition) is 3. The molecule has 1 aliphatic heterocycles. The van der Waals surface area contributed by atoms with E-state index in [1.807, 2.05) is 0 Å². The summed E-state index contributed by atoms with van der Waals surface area (Å²) < 4.78 is 26.1. The van der Waals surface area contributed by atoms with E-state index in [0.29, 0.717) is 13.1 Å². The largest absolute Gasteiger partial charge is 0.392 e. The van der Waals surface area contributed by atoms with Gasteiger partial charge in [0, 0.05) is 23.7 Å². The summed E-state index contributed by atoms with van der Waals surface area (Å²) in [7, 11) is -3.59. The summed E-state index contributed by atoms with van der Waals surface area (Å²) in [5.74, 6) is 0. The second kappa shape index (κ2) is 5.35. The third kappa shape index (κ3) is 2.38. The van der Waals surface area contributed by atoms with Crippen LogP contribution in [-0.2, 0) is 16.6 Å². The first-order valence-corrected chi connectivity index (χ1v) is 7.76. The molecule has 0 aromatic heterocycles. The highest BCUT2D eigenvalue weighted by molar-refractivity contribution is 7.89. The predicted molar refractivity (Wildman–Crippen MR) is 70.4 cm³/mol. The van der Waals surface area contributed by atoms with Crippen LogP contribution in [0.3, 0.4) is 0 Å². The van der Waals surface area contributed by atoms with Gasteiger partial charge in [0.2, 0.25) is 10.0 Å². The smallest absolute Gasteiger partial charge is 0.244 e. The van der Waals surface area contributed by atoms with Gasteiger partial charge in [-0.1, -0.05) is 23.2 Å². The van der Waals surface area contributed by atoms with Gasteiger partial charge in [0.1, 0.15) is 4.90 Å². The minimum absolute atomic E-state index is 0.0110. The fourth-order valence-corrected chi connectivity index (χ4v) is 4.38. The Morgan fingerprint density at radius 3 is 2.39 bits per heavy atom. The van der Waals surface area contributed by atoms with Crippen molar-refractivity contribution in [3.05, 3.63) is 27.7 Å². The molecule has 1 aliphatic rings. The van der Waals surface area contributed by atoms with E-state index in [1.165, 1.54) is 16.4 Å². The van der Waals surface area contributed by atoms with Crippen molar-refractivity contribution in [1.29, 1.82) is 0 Å². The van der Waals surface area contributed by atoms with Crippen molar-refractivity contribution >= 4 is 33.2 Å². The van der Waals surface area contributed by atoms with Crippen molar-refractivity contribution in [2.75, 3.05) is 13.1 Å². The minimum Gasteiger partial charge on any atom is -0.392 e. The zero-order valence-corrected chi connectivity index (χ0v) is 11.9. The number of nitrogens with zero attached hydrogens (tertiary/aromatic N) is 1. The van der Waals surface area contributed by atoms with Crippen LogP contribution in [0.4, 0.5) is 0 Å². The lowest BCUT2D eigenvalue weighted by Gasteiger charge is -2.17. The molecule has 1 heterocycles.